The first-order valence-electron chi connectivity index (χ1n) is 6.58. The van der Waals surface area contributed by atoms with Crippen LogP contribution in [-0.4, -0.2) is 48.4 Å². The largest absolute Gasteiger partial charge is 0.469 e. The van der Waals surface area contributed by atoms with Crippen molar-refractivity contribution in [1.29, 1.82) is 0 Å². The molecule has 0 amide bonds. The fourth-order valence-corrected chi connectivity index (χ4v) is 3.68. The highest BCUT2D eigenvalue weighted by Gasteiger charge is 2.33. The molecule has 1 aliphatic heterocycles. The van der Waals surface area contributed by atoms with Crippen LogP contribution in [0.5, 0.6) is 0 Å². The molecule has 0 aromatic carbocycles. The lowest BCUT2D eigenvalue weighted by Gasteiger charge is -2.29. The van der Waals surface area contributed by atoms with Crippen LogP contribution < -0.4 is 0 Å². The second-order valence-corrected chi connectivity index (χ2v) is 6.63. The van der Waals surface area contributed by atoms with E-state index in [-0.39, 0.29) is 16.9 Å². The third kappa shape index (κ3) is 2.85. The second kappa shape index (κ2) is 5.92. The number of rotatable bonds is 4. The van der Waals surface area contributed by atoms with Gasteiger partial charge in [-0.25, -0.2) is 13.4 Å². The Bertz CT molecular complexity index is 573. The molecule has 2 heterocycles. The van der Waals surface area contributed by atoms with Gasteiger partial charge in [-0.1, -0.05) is 0 Å². The Morgan fingerprint density at radius 3 is 2.60 bits per heavy atom. The number of aromatic nitrogens is 2. The quantitative estimate of drug-likeness (QED) is 0.755. The molecular formula is C12H19N3O4S. The van der Waals surface area contributed by atoms with Gasteiger partial charge in [-0.2, -0.15) is 4.31 Å². The second-order valence-electron chi connectivity index (χ2n) is 4.74. The zero-order chi connectivity index (χ0) is 14.8. The minimum Gasteiger partial charge on any atom is -0.469 e. The lowest BCUT2D eigenvalue weighted by Crippen LogP contribution is -2.40. The smallest absolute Gasteiger partial charge is 0.308 e. The normalized spacial score (nSPS) is 18.1. The first kappa shape index (κ1) is 15.0. The Balaban J connectivity index is 2.07. The standard InChI is InChI=1S/C12H19N3O4S/c1-3-14-8-11(13-9-14)20(17,18)15-6-4-10(5-7-15)12(16)19-2/h8-10H,3-7H2,1-2H3. The van der Waals surface area contributed by atoms with Crippen molar-refractivity contribution < 1.29 is 17.9 Å². The van der Waals surface area contributed by atoms with Gasteiger partial charge in [-0.3, -0.25) is 4.79 Å². The summed E-state index contributed by atoms with van der Waals surface area (Å²) in [5.74, 6) is -0.475. The summed E-state index contributed by atoms with van der Waals surface area (Å²) in [5.41, 5.74) is 0. The van der Waals surface area contributed by atoms with Gasteiger partial charge in [-0.05, 0) is 19.8 Å². The molecule has 0 aliphatic carbocycles. The van der Waals surface area contributed by atoms with Crippen LogP contribution in [0.2, 0.25) is 0 Å². The molecule has 7 nitrogen and oxygen atoms in total. The van der Waals surface area contributed by atoms with Gasteiger partial charge in [0.05, 0.1) is 19.4 Å². The van der Waals surface area contributed by atoms with Gasteiger partial charge < -0.3 is 9.30 Å². The summed E-state index contributed by atoms with van der Waals surface area (Å²) in [6.45, 7) is 3.23. The van der Waals surface area contributed by atoms with Crippen LogP contribution in [0.1, 0.15) is 19.8 Å². The van der Waals surface area contributed by atoms with Crippen molar-refractivity contribution in [3.05, 3.63) is 12.5 Å². The van der Waals surface area contributed by atoms with Crippen LogP contribution in [0.15, 0.2) is 17.6 Å². The van der Waals surface area contributed by atoms with Gasteiger partial charge in [0, 0.05) is 25.8 Å². The van der Waals surface area contributed by atoms with Crippen LogP contribution in [-0.2, 0) is 26.1 Å². The van der Waals surface area contributed by atoms with Crippen molar-refractivity contribution >= 4 is 16.0 Å². The topological polar surface area (TPSA) is 81.5 Å². The molecule has 8 heteroatoms. The van der Waals surface area contributed by atoms with Crippen molar-refractivity contribution in [1.82, 2.24) is 13.9 Å². The van der Waals surface area contributed by atoms with Crippen molar-refractivity contribution in [3.8, 4) is 0 Å². The Hall–Kier alpha value is -1.41. The number of esters is 1. The molecule has 0 saturated carbocycles. The lowest BCUT2D eigenvalue weighted by atomic mass is 9.99. The summed E-state index contributed by atoms with van der Waals surface area (Å²) >= 11 is 0. The molecule has 1 aliphatic rings. The number of ether oxygens (including phenoxy) is 1. The van der Waals surface area contributed by atoms with Gasteiger partial charge in [0.1, 0.15) is 0 Å². The van der Waals surface area contributed by atoms with Crippen molar-refractivity contribution in [2.24, 2.45) is 5.92 Å². The van der Waals surface area contributed by atoms with Crippen LogP contribution in [0.4, 0.5) is 0 Å². The third-order valence-corrected chi connectivity index (χ3v) is 5.35. The summed E-state index contributed by atoms with van der Waals surface area (Å²) in [6.07, 6.45) is 4.01. The summed E-state index contributed by atoms with van der Waals surface area (Å²) in [4.78, 5) is 15.4. The van der Waals surface area contributed by atoms with E-state index in [0.29, 0.717) is 32.5 Å². The molecule has 0 bridgehead atoms. The minimum absolute atomic E-state index is 0.0656. The van der Waals surface area contributed by atoms with E-state index in [9.17, 15) is 13.2 Å². The lowest BCUT2D eigenvalue weighted by molar-refractivity contribution is -0.146. The van der Waals surface area contributed by atoms with Crippen LogP contribution in [0.25, 0.3) is 0 Å². The number of imidazole rings is 1. The first-order chi connectivity index (χ1) is 9.48. The van der Waals surface area contributed by atoms with E-state index in [1.807, 2.05) is 6.92 Å². The summed E-state index contributed by atoms with van der Waals surface area (Å²) in [6, 6.07) is 0. The Morgan fingerprint density at radius 2 is 2.10 bits per heavy atom. The maximum atomic E-state index is 12.4. The van der Waals surface area contributed by atoms with E-state index in [4.69, 9.17) is 4.74 Å². The molecular weight excluding hydrogens is 282 g/mol. The summed E-state index contributed by atoms with van der Waals surface area (Å²) in [7, 11) is -2.21. The monoisotopic (exact) mass is 301 g/mol. The van der Waals surface area contributed by atoms with Gasteiger partial charge in [0.15, 0.2) is 5.03 Å². The maximum absolute atomic E-state index is 12.4. The minimum atomic E-state index is -3.56. The summed E-state index contributed by atoms with van der Waals surface area (Å²) in [5, 5.41) is 0.0656. The van der Waals surface area contributed by atoms with E-state index in [2.05, 4.69) is 4.98 Å². The number of piperidine rings is 1. The third-order valence-electron chi connectivity index (χ3n) is 3.57. The zero-order valence-electron chi connectivity index (χ0n) is 11.7. The van der Waals surface area contributed by atoms with Crippen molar-refractivity contribution in [2.75, 3.05) is 20.2 Å². The molecule has 0 spiro atoms. The van der Waals surface area contributed by atoms with Gasteiger partial charge >= 0.3 is 5.97 Å². The number of carbonyl (C=O) groups excluding carboxylic acids is 1. The van der Waals surface area contributed by atoms with Crippen LogP contribution in [0.3, 0.4) is 0 Å². The van der Waals surface area contributed by atoms with Gasteiger partial charge in [0.25, 0.3) is 10.0 Å². The van der Waals surface area contributed by atoms with Gasteiger partial charge in [-0.15, -0.1) is 0 Å². The molecule has 1 aromatic rings. The average molecular weight is 301 g/mol. The van der Waals surface area contributed by atoms with E-state index >= 15 is 0 Å². The fourth-order valence-electron chi connectivity index (χ4n) is 2.28. The Morgan fingerprint density at radius 1 is 1.45 bits per heavy atom. The SMILES string of the molecule is CCn1cnc(S(=O)(=O)N2CCC(C(=O)OC)CC2)c1. The predicted molar refractivity (Wildman–Crippen MR) is 71.4 cm³/mol. The van der Waals surface area contributed by atoms with E-state index in [0.717, 1.165) is 0 Å². The molecule has 1 saturated heterocycles. The van der Waals surface area contributed by atoms with E-state index < -0.39 is 10.0 Å². The molecule has 0 radical (unpaired) electrons. The highest BCUT2D eigenvalue weighted by Crippen LogP contribution is 2.23. The number of hydrogen-bond donors (Lipinski definition) is 0. The van der Waals surface area contributed by atoms with Crippen LogP contribution in [0, 0.1) is 5.92 Å². The number of methoxy groups -OCH3 is 1. The fraction of sp³-hybridized carbons (Fsp3) is 0.667. The number of sulfonamides is 1. The number of carbonyl (C=O) groups is 1. The zero-order valence-corrected chi connectivity index (χ0v) is 12.5. The molecule has 1 fully saturated rings. The molecule has 20 heavy (non-hydrogen) atoms. The van der Waals surface area contributed by atoms with Gasteiger partial charge in [0.2, 0.25) is 0 Å². The summed E-state index contributed by atoms with van der Waals surface area (Å²) < 4.78 is 32.6. The van der Waals surface area contributed by atoms with Crippen molar-refractivity contribution in [2.45, 2.75) is 31.3 Å². The highest BCUT2D eigenvalue weighted by molar-refractivity contribution is 7.89. The van der Waals surface area contributed by atoms with E-state index in [1.165, 1.54) is 23.9 Å². The Labute approximate surface area is 118 Å². The molecule has 0 atom stereocenters. The van der Waals surface area contributed by atoms with Crippen LogP contribution >= 0.6 is 0 Å². The predicted octanol–water partition coefficient (Wildman–Crippen LogP) is 0.477. The van der Waals surface area contributed by atoms with E-state index in [1.54, 1.807) is 4.57 Å². The highest BCUT2D eigenvalue weighted by atomic mass is 32.2. The molecule has 112 valence electrons. The number of aryl methyl sites for hydroxylation is 1. The van der Waals surface area contributed by atoms with Crippen molar-refractivity contribution in [3.63, 3.8) is 0 Å². The maximum Gasteiger partial charge on any atom is 0.308 e. The molecule has 0 N–H and O–H groups in total. The molecule has 0 unspecified atom stereocenters. The Kier molecular flexibility index (Phi) is 4.44. The average Bonchev–Trinajstić information content (AvgIpc) is 2.96. The first-order valence-corrected chi connectivity index (χ1v) is 8.02. The molecule has 2 rings (SSSR count). The number of nitrogens with zero attached hydrogens (tertiary/aromatic N) is 3. The molecule has 1 aromatic heterocycles. The number of hydrogen-bond acceptors (Lipinski definition) is 5.